The summed E-state index contributed by atoms with van der Waals surface area (Å²) in [4.78, 5) is 41.1. The average molecular weight is 498 g/mol. The van der Waals surface area contributed by atoms with Crippen LogP contribution < -0.4 is 10.2 Å². The first-order valence-electron chi connectivity index (χ1n) is 12.7. The van der Waals surface area contributed by atoms with Crippen molar-refractivity contribution in [2.24, 2.45) is 5.92 Å². The van der Waals surface area contributed by atoms with Crippen molar-refractivity contribution >= 4 is 29.5 Å². The second-order valence-electron chi connectivity index (χ2n) is 9.97. The first kappa shape index (κ1) is 24.6. The van der Waals surface area contributed by atoms with Gasteiger partial charge in [-0.05, 0) is 44.2 Å². The Kier molecular flexibility index (Phi) is 6.46. The van der Waals surface area contributed by atoms with Crippen LogP contribution in [-0.4, -0.2) is 59.0 Å². The number of anilines is 1. The van der Waals surface area contributed by atoms with Gasteiger partial charge in [-0.25, -0.2) is 0 Å². The van der Waals surface area contributed by atoms with E-state index in [1.54, 1.807) is 24.0 Å². The van der Waals surface area contributed by atoms with E-state index in [-0.39, 0.29) is 17.7 Å². The number of allylic oxidation sites excluding steroid dienone is 1. The van der Waals surface area contributed by atoms with E-state index >= 15 is 0 Å². The summed E-state index contributed by atoms with van der Waals surface area (Å²) in [7, 11) is 1.57. The molecule has 1 aromatic carbocycles. The maximum absolute atomic E-state index is 13.3. The van der Waals surface area contributed by atoms with Gasteiger partial charge in [0, 0.05) is 43.3 Å². The van der Waals surface area contributed by atoms with E-state index in [9.17, 15) is 14.4 Å². The Bertz CT molecular complexity index is 1340. The second kappa shape index (κ2) is 9.74. The van der Waals surface area contributed by atoms with Crippen molar-refractivity contribution in [3.05, 3.63) is 66.5 Å². The number of nitrogens with one attached hydrogen (secondary N) is 1. The summed E-state index contributed by atoms with van der Waals surface area (Å²) < 4.78 is 1.76. The topological polar surface area (TPSA) is 87.5 Å². The second-order valence-corrected chi connectivity index (χ2v) is 9.97. The van der Waals surface area contributed by atoms with Crippen molar-refractivity contribution in [1.29, 1.82) is 0 Å². The molecule has 8 nitrogen and oxygen atoms in total. The van der Waals surface area contributed by atoms with Crippen molar-refractivity contribution in [2.75, 3.05) is 25.0 Å². The van der Waals surface area contributed by atoms with Gasteiger partial charge in [0.05, 0.1) is 23.2 Å². The van der Waals surface area contributed by atoms with Crippen LogP contribution in [0.15, 0.2) is 49.8 Å². The molecule has 1 saturated carbocycles. The molecule has 0 radical (unpaired) electrons. The third kappa shape index (κ3) is 4.25. The fourth-order valence-electron chi connectivity index (χ4n) is 5.23. The number of fused-ring (bicyclic) bond motifs is 1. The molecule has 5 rings (SSSR count). The van der Waals surface area contributed by atoms with Crippen molar-refractivity contribution in [2.45, 2.75) is 43.7 Å². The Hall–Kier alpha value is -4.12. The Labute approximate surface area is 217 Å². The Morgan fingerprint density at radius 3 is 2.76 bits per heavy atom. The zero-order chi connectivity index (χ0) is 26.2. The van der Waals surface area contributed by atoms with Crippen molar-refractivity contribution in [3.8, 4) is 11.8 Å². The molecule has 8 heteroatoms. The molecule has 2 aromatic rings. The lowest BCUT2D eigenvalue weighted by atomic mass is 9.78. The molecular weight excluding hydrogens is 466 g/mol. The minimum absolute atomic E-state index is 0.201. The molecule has 0 bridgehead atoms. The highest BCUT2D eigenvalue weighted by atomic mass is 16.2. The van der Waals surface area contributed by atoms with Crippen molar-refractivity contribution < 1.29 is 14.4 Å². The molecule has 190 valence electrons. The number of aromatic nitrogens is 2. The van der Waals surface area contributed by atoms with Crippen LogP contribution in [0.2, 0.25) is 0 Å². The highest BCUT2D eigenvalue weighted by Gasteiger charge is 2.40. The number of hydrogen-bond acceptors (Lipinski definition) is 5. The van der Waals surface area contributed by atoms with Crippen molar-refractivity contribution in [3.63, 3.8) is 0 Å². The summed E-state index contributed by atoms with van der Waals surface area (Å²) in [5, 5.41) is 7.03. The van der Waals surface area contributed by atoms with Crippen LogP contribution in [0.1, 0.15) is 53.6 Å². The smallest absolute Gasteiger partial charge is 0.259 e. The van der Waals surface area contributed by atoms with Gasteiger partial charge in [0.2, 0.25) is 5.91 Å². The van der Waals surface area contributed by atoms with Crippen LogP contribution in [0.3, 0.4) is 0 Å². The van der Waals surface area contributed by atoms with E-state index < -0.39 is 11.6 Å². The van der Waals surface area contributed by atoms with Crippen LogP contribution in [0.5, 0.6) is 0 Å². The SMILES string of the molecule is C=CCCC(C(=O)NC)N1C(=C)c2ccc(N3CC(C#Cc4cnn(C5(C=O)CCC5)c4)C3)cc2C1=O. The van der Waals surface area contributed by atoms with Crippen LogP contribution in [-0.2, 0) is 15.1 Å². The van der Waals surface area contributed by atoms with Crippen LogP contribution in [0, 0.1) is 17.8 Å². The third-order valence-electron chi connectivity index (χ3n) is 7.70. The number of benzene rings is 1. The predicted molar refractivity (Wildman–Crippen MR) is 142 cm³/mol. The molecule has 2 amide bonds. The first-order valence-corrected chi connectivity index (χ1v) is 12.7. The van der Waals surface area contributed by atoms with Gasteiger partial charge >= 0.3 is 0 Å². The molecule has 0 spiro atoms. The molecule has 1 aromatic heterocycles. The standard InChI is InChI=1S/C29H31N5O3/c1-4-5-7-26(27(36)30-3)34-20(2)24-11-10-23(14-25(24)28(34)37)32-16-22(17-32)9-8-21-15-31-33(18-21)29(19-35)12-6-13-29/h4,10-11,14-15,18-19,22,26H,1-2,5-7,12-13,16-17H2,3H3,(H,30,36). The molecule has 3 heterocycles. The molecule has 1 unspecified atom stereocenters. The molecule has 1 N–H and O–H groups in total. The quantitative estimate of drug-likeness (QED) is 0.344. The summed E-state index contributed by atoms with van der Waals surface area (Å²) in [5.41, 5.74) is 3.16. The summed E-state index contributed by atoms with van der Waals surface area (Å²) in [6.45, 7) is 9.38. The molecule has 37 heavy (non-hydrogen) atoms. The fourth-order valence-corrected chi connectivity index (χ4v) is 5.23. The van der Waals surface area contributed by atoms with E-state index in [0.29, 0.717) is 24.1 Å². The van der Waals surface area contributed by atoms with E-state index in [4.69, 9.17) is 0 Å². The summed E-state index contributed by atoms with van der Waals surface area (Å²) in [5.74, 6) is 6.29. The minimum atomic E-state index is -0.627. The fraction of sp³-hybridized carbons (Fsp3) is 0.379. The zero-order valence-corrected chi connectivity index (χ0v) is 21.1. The number of nitrogens with zero attached hydrogens (tertiary/aromatic N) is 4. The van der Waals surface area contributed by atoms with Crippen LogP contribution >= 0.6 is 0 Å². The number of carbonyl (C=O) groups is 3. The lowest BCUT2D eigenvalue weighted by Crippen LogP contribution is -2.46. The van der Waals surface area contributed by atoms with Gasteiger partial charge in [-0.2, -0.15) is 5.10 Å². The molecule has 2 aliphatic heterocycles. The van der Waals surface area contributed by atoms with Crippen LogP contribution in [0.4, 0.5) is 5.69 Å². The third-order valence-corrected chi connectivity index (χ3v) is 7.70. The van der Waals surface area contributed by atoms with Gasteiger partial charge in [0.1, 0.15) is 17.9 Å². The normalized spacial score (nSPS) is 18.7. The van der Waals surface area contributed by atoms with Gasteiger partial charge in [0.25, 0.3) is 5.91 Å². The number of carbonyl (C=O) groups excluding carboxylic acids is 3. The summed E-state index contributed by atoms with van der Waals surface area (Å²) >= 11 is 0. The highest BCUT2D eigenvalue weighted by Crippen LogP contribution is 2.38. The summed E-state index contributed by atoms with van der Waals surface area (Å²) in [6.07, 6.45) is 10.1. The maximum atomic E-state index is 13.3. The van der Waals surface area contributed by atoms with Gasteiger partial charge < -0.3 is 15.0 Å². The molecular formula is C29H31N5O3. The Morgan fingerprint density at radius 1 is 1.32 bits per heavy atom. The Balaban J connectivity index is 1.25. The molecule has 1 atom stereocenters. The Morgan fingerprint density at radius 2 is 2.11 bits per heavy atom. The minimum Gasteiger partial charge on any atom is -0.369 e. The molecule has 3 aliphatic rings. The number of aldehydes is 1. The molecule has 1 aliphatic carbocycles. The van der Waals surface area contributed by atoms with Gasteiger partial charge in [-0.1, -0.05) is 30.6 Å². The average Bonchev–Trinajstić information content (AvgIpc) is 3.41. The van der Waals surface area contributed by atoms with Gasteiger partial charge in [-0.3, -0.25) is 19.2 Å². The lowest BCUT2D eigenvalue weighted by molar-refractivity contribution is -0.124. The van der Waals surface area contributed by atoms with Gasteiger partial charge in [-0.15, -0.1) is 6.58 Å². The first-order chi connectivity index (χ1) is 17.9. The van der Waals surface area contributed by atoms with E-state index in [1.807, 2.05) is 24.4 Å². The summed E-state index contributed by atoms with van der Waals surface area (Å²) in [6, 6.07) is 5.17. The van der Waals surface area contributed by atoms with E-state index in [1.165, 1.54) is 4.90 Å². The number of hydrogen-bond donors (Lipinski definition) is 1. The maximum Gasteiger partial charge on any atom is 0.259 e. The predicted octanol–water partition coefficient (Wildman–Crippen LogP) is 2.96. The molecule has 2 fully saturated rings. The molecule has 1 saturated heterocycles. The monoisotopic (exact) mass is 497 g/mol. The van der Waals surface area contributed by atoms with E-state index in [0.717, 1.165) is 55.5 Å². The largest absolute Gasteiger partial charge is 0.369 e. The van der Waals surface area contributed by atoms with Crippen LogP contribution in [0.25, 0.3) is 5.70 Å². The zero-order valence-electron chi connectivity index (χ0n) is 21.1. The number of rotatable bonds is 8. The number of amides is 2. The lowest BCUT2D eigenvalue weighted by Gasteiger charge is -2.38. The number of likely N-dealkylation sites (N-methyl/N-ethyl adjacent to an activating group) is 1. The van der Waals surface area contributed by atoms with Crippen molar-refractivity contribution in [1.82, 2.24) is 20.0 Å². The van der Waals surface area contributed by atoms with E-state index in [2.05, 4.69) is 40.3 Å². The highest BCUT2D eigenvalue weighted by molar-refractivity contribution is 6.11. The van der Waals surface area contributed by atoms with Gasteiger partial charge in [0.15, 0.2) is 0 Å².